The molecule has 2 aromatic rings. The molecule has 1 aliphatic carbocycles. The second kappa shape index (κ2) is 10.7. The van der Waals surface area contributed by atoms with Gasteiger partial charge in [-0.25, -0.2) is 0 Å². The number of nitrogens with two attached hydrogens (primary N) is 2. The van der Waals surface area contributed by atoms with Gasteiger partial charge in [-0.1, -0.05) is 38.7 Å². The molecule has 3 amide bonds. The van der Waals surface area contributed by atoms with E-state index in [1.165, 1.54) is 11.3 Å². The summed E-state index contributed by atoms with van der Waals surface area (Å²) < 4.78 is 3.96. The largest absolute Gasteiger partial charge is 0.395 e. The Labute approximate surface area is 190 Å². The molecular weight excluding hydrogens is 434 g/mol. The number of nitrogens with one attached hydrogen (secondary N) is 1. The number of rotatable bonds is 10. The highest BCUT2D eigenvalue weighted by atomic mass is 32.1. The fourth-order valence-corrected chi connectivity index (χ4v) is 5.31. The van der Waals surface area contributed by atoms with E-state index < -0.39 is 17.9 Å². The number of hydrogen-bond donors (Lipinski definition) is 3. The molecule has 0 spiro atoms. The van der Waals surface area contributed by atoms with Crippen molar-refractivity contribution >= 4 is 46.3 Å². The number of aromatic nitrogens is 1. The number of carbonyl (C=O) groups excluding carboxylic acids is 3. The molecule has 1 aliphatic rings. The SMILES string of the molecule is CCCC[C@@H](C(=O)NC1CCCC1)N(Cc1cccs1)C(=O)c1snc(C(N)=O)c1N. The molecule has 168 valence electrons. The van der Waals surface area contributed by atoms with Crippen molar-refractivity contribution in [1.29, 1.82) is 0 Å². The van der Waals surface area contributed by atoms with Crippen LogP contribution < -0.4 is 16.8 Å². The number of nitrogen functional groups attached to an aromatic ring is 1. The minimum Gasteiger partial charge on any atom is -0.395 e. The fourth-order valence-electron chi connectivity index (χ4n) is 3.85. The number of carbonyl (C=O) groups is 3. The first-order valence-electron chi connectivity index (χ1n) is 10.6. The van der Waals surface area contributed by atoms with Crippen molar-refractivity contribution in [1.82, 2.24) is 14.6 Å². The van der Waals surface area contributed by atoms with Crippen molar-refractivity contribution < 1.29 is 14.4 Å². The average Bonchev–Trinajstić information content (AvgIpc) is 3.49. The topological polar surface area (TPSA) is 131 Å². The van der Waals surface area contributed by atoms with Gasteiger partial charge in [0.05, 0.1) is 12.2 Å². The second-order valence-electron chi connectivity index (χ2n) is 7.80. The van der Waals surface area contributed by atoms with Crippen LogP contribution in [0.5, 0.6) is 0 Å². The molecule has 1 saturated carbocycles. The minimum atomic E-state index is -0.779. The van der Waals surface area contributed by atoms with E-state index in [9.17, 15) is 14.4 Å². The lowest BCUT2D eigenvalue weighted by atomic mass is 10.1. The first-order valence-corrected chi connectivity index (χ1v) is 12.3. The number of nitrogens with zero attached hydrogens (tertiary/aromatic N) is 2. The third-order valence-electron chi connectivity index (χ3n) is 5.53. The third kappa shape index (κ3) is 5.62. The fraction of sp³-hybridized carbons (Fsp3) is 0.524. The van der Waals surface area contributed by atoms with Crippen LogP contribution in [0.4, 0.5) is 5.69 Å². The number of unbranched alkanes of at least 4 members (excludes halogenated alkanes) is 1. The molecule has 0 unspecified atom stereocenters. The molecule has 0 aromatic carbocycles. The van der Waals surface area contributed by atoms with Crippen LogP contribution in [0.1, 0.15) is 76.9 Å². The Balaban J connectivity index is 1.92. The van der Waals surface area contributed by atoms with E-state index in [1.54, 1.807) is 4.90 Å². The number of amides is 3. The van der Waals surface area contributed by atoms with Crippen molar-refractivity contribution in [2.75, 3.05) is 5.73 Å². The lowest BCUT2D eigenvalue weighted by Gasteiger charge is -2.31. The Morgan fingerprint density at radius 2 is 2.06 bits per heavy atom. The number of primary amides is 1. The van der Waals surface area contributed by atoms with Crippen LogP contribution in [-0.2, 0) is 11.3 Å². The van der Waals surface area contributed by atoms with Crippen LogP contribution in [0.2, 0.25) is 0 Å². The van der Waals surface area contributed by atoms with Crippen molar-refractivity contribution in [3.05, 3.63) is 33.0 Å². The molecule has 5 N–H and O–H groups in total. The molecule has 10 heteroatoms. The maximum absolute atomic E-state index is 13.6. The van der Waals surface area contributed by atoms with Crippen molar-refractivity contribution in [2.45, 2.75) is 70.5 Å². The summed E-state index contributed by atoms with van der Waals surface area (Å²) in [5.41, 5.74) is 11.2. The van der Waals surface area contributed by atoms with Gasteiger partial charge in [0.1, 0.15) is 10.9 Å². The molecule has 2 aromatic heterocycles. The molecule has 1 fully saturated rings. The quantitative estimate of drug-likeness (QED) is 0.498. The summed E-state index contributed by atoms with van der Waals surface area (Å²) >= 11 is 2.36. The molecule has 0 bridgehead atoms. The van der Waals surface area contributed by atoms with Crippen LogP contribution in [0.3, 0.4) is 0 Å². The Morgan fingerprint density at radius 3 is 2.65 bits per heavy atom. The predicted octanol–water partition coefficient (Wildman–Crippen LogP) is 3.15. The summed E-state index contributed by atoms with van der Waals surface area (Å²) in [7, 11) is 0. The van der Waals surface area contributed by atoms with Gasteiger partial charge in [0.2, 0.25) is 5.91 Å². The standard InChI is InChI=1S/C21H29N5O3S2/c1-2-3-10-15(20(28)24-13-7-4-5-8-13)26(12-14-9-6-11-30-14)21(29)18-16(22)17(19(23)27)25-31-18/h6,9,11,13,15H,2-5,7-8,10,12,22H2,1H3,(H2,23,27)(H,24,28)/t15-/m0/s1. The molecule has 31 heavy (non-hydrogen) atoms. The van der Waals surface area contributed by atoms with Crippen molar-refractivity contribution in [2.24, 2.45) is 5.73 Å². The van der Waals surface area contributed by atoms with Gasteiger partial charge >= 0.3 is 0 Å². The van der Waals surface area contributed by atoms with E-state index in [4.69, 9.17) is 11.5 Å². The normalized spacial score (nSPS) is 15.0. The van der Waals surface area contributed by atoms with Crippen LogP contribution >= 0.6 is 22.9 Å². The highest BCUT2D eigenvalue weighted by molar-refractivity contribution is 7.10. The molecule has 0 radical (unpaired) electrons. The average molecular weight is 464 g/mol. The van der Waals surface area contributed by atoms with E-state index in [0.717, 1.165) is 54.9 Å². The number of thiophene rings is 1. The van der Waals surface area contributed by atoms with Gasteiger partial charge in [-0.3, -0.25) is 14.4 Å². The maximum Gasteiger partial charge on any atom is 0.270 e. The van der Waals surface area contributed by atoms with Gasteiger partial charge in [0, 0.05) is 10.9 Å². The van der Waals surface area contributed by atoms with Gasteiger partial charge in [-0.05, 0) is 42.2 Å². The van der Waals surface area contributed by atoms with E-state index in [2.05, 4.69) is 16.6 Å². The molecule has 3 rings (SSSR count). The first kappa shape index (κ1) is 23.2. The predicted molar refractivity (Wildman–Crippen MR) is 123 cm³/mol. The van der Waals surface area contributed by atoms with Crippen LogP contribution in [0.15, 0.2) is 17.5 Å². The van der Waals surface area contributed by atoms with Crippen molar-refractivity contribution in [3.63, 3.8) is 0 Å². The summed E-state index contributed by atoms with van der Waals surface area (Å²) in [5, 5.41) is 5.08. The van der Waals surface area contributed by atoms with Gasteiger partial charge < -0.3 is 21.7 Å². The minimum absolute atomic E-state index is 0.0240. The second-order valence-corrected chi connectivity index (χ2v) is 9.60. The Bertz CT molecular complexity index is 906. The molecule has 8 nitrogen and oxygen atoms in total. The molecule has 0 saturated heterocycles. The number of anilines is 1. The highest BCUT2D eigenvalue weighted by Gasteiger charge is 2.34. The molecular formula is C21H29N5O3S2. The van der Waals surface area contributed by atoms with E-state index in [0.29, 0.717) is 6.42 Å². The van der Waals surface area contributed by atoms with Crippen LogP contribution in [0.25, 0.3) is 0 Å². The lowest BCUT2D eigenvalue weighted by molar-refractivity contribution is -0.126. The summed E-state index contributed by atoms with van der Waals surface area (Å²) in [5.74, 6) is -1.32. The lowest BCUT2D eigenvalue weighted by Crippen LogP contribution is -2.51. The zero-order valence-electron chi connectivity index (χ0n) is 17.6. The monoisotopic (exact) mass is 463 g/mol. The number of hydrogen-bond acceptors (Lipinski definition) is 7. The summed E-state index contributed by atoms with van der Waals surface area (Å²) in [6, 6.07) is 3.37. The van der Waals surface area contributed by atoms with Crippen LogP contribution in [-0.4, -0.2) is 39.1 Å². The molecule has 0 aliphatic heterocycles. The highest BCUT2D eigenvalue weighted by Crippen LogP contribution is 2.27. The Hall–Kier alpha value is -2.46. The third-order valence-corrected chi connectivity index (χ3v) is 7.25. The van der Waals surface area contributed by atoms with Gasteiger partial charge in [0.25, 0.3) is 11.8 Å². The summed E-state index contributed by atoms with van der Waals surface area (Å²) in [4.78, 5) is 41.1. The smallest absolute Gasteiger partial charge is 0.270 e. The van der Waals surface area contributed by atoms with Crippen molar-refractivity contribution in [3.8, 4) is 0 Å². The zero-order valence-corrected chi connectivity index (χ0v) is 19.3. The van der Waals surface area contributed by atoms with E-state index in [-0.39, 0.29) is 34.8 Å². The van der Waals surface area contributed by atoms with Gasteiger partial charge in [-0.15, -0.1) is 11.3 Å². The summed E-state index contributed by atoms with van der Waals surface area (Å²) in [6.45, 7) is 2.34. The first-order chi connectivity index (χ1) is 14.9. The molecule has 1 atom stereocenters. The van der Waals surface area contributed by atoms with Gasteiger partial charge in [0.15, 0.2) is 5.69 Å². The van der Waals surface area contributed by atoms with E-state index in [1.807, 2.05) is 17.5 Å². The zero-order chi connectivity index (χ0) is 22.4. The summed E-state index contributed by atoms with van der Waals surface area (Å²) in [6.07, 6.45) is 6.41. The van der Waals surface area contributed by atoms with Crippen LogP contribution in [0, 0.1) is 0 Å². The van der Waals surface area contributed by atoms with Gasteiger partial charge in [-0.2, -0.15) is 4.37 Å². The van der Waals surface area contributed by atoms with E-state index >= 15 is 0 Å². The Morgan fingerprint density at radius 1 is 1.32 bits per heavy atom. The molecule has 2 heterocycles. The Kier molecular flexibility index (Phi) is 8.03. The maximum atomic E-state index is 13.6.